The van der Waals surface area contributed by atoms with Gasteiger partial charge in [0.25, 0.3) is 0 Å². The van der Waals surface area contributed by atoms with Gasteiger partial charge in [0, 0.05) is 16.0 Å². The fourth-order valence-corrected chi connectivity index (χ4v) is 2.04. The summed E-state index contributed by atoms with van der Waals surface area (Å²) in [6.45, 7) is 4.42. The Labute approximate surface area is 90.3 Å². The average molecular weight is 210 g/mol. The summed E-state index contributed by atoms with van der Waals surface area (Å²) in [7, 11) is 0. The predicted molar refractivity (Wildman–Crippen MR) is 60.6 cm³/mol. The van der Waals surface area contributed by atoms with Crippen molar-refractivity contribution in [3.05, 3.63) is 34.9 Å². The minimum absolute atomic E-state index is 0.000823. The zero-order chi connectivity index (χ0) is 10.4. The average Bonchev–Trinajstić information content (AvgIpc) is 2.86. The summed E-state index contributed by atoms with van der Waals surface area (Å²) in [5.41, 5.74) is 7.59. The summed E-state index contributed by atoms with van der Waals surface area (Å²) in [4.78, 5) is 0. The standard InChI is InChI=1S/C12H16ClN/c1-11(2,12(14)7-8-12)9-3-5-10(13)6-4-9/h3-6H,7-8,14H2,1-2H3. The van der Waals surface area contributed by atoms with E-state index in [-0.39, 0.29) is 11.0 Å². The van der Waals surface area contributed by atoms with Gasteiger partial charge in [-0.3, -0.25) is 0 Å². The molecular weight excluding hydrogens is 194 g/mol. The molecule has 2 heteroatoms. The molecule has 0 heterocycles. The van der Waals surface area contributed by atoms with E-state index in [1.807, 2.05) is 12.1 Å². The van der Waals surface area contributed by atoms with E-state index in [1.54, 1.807) is 0 Å². The highest BCUT2D eigenvalue weighted by molar-refractivity contribution is 6.30. The van der Waals surface area contributed by atoms with Crippen molar-refractivity contribution in [3.8, 4) is 0 Å². The van der Waals surface area contributed by atoms with Crippen LogP contribution in [0.2, 0.25) is 5.02 Å². The van der Waals surface area contributed by atoms with E-state index in [9.17, 15) is 0 Å². The molecule has 1 aliphatic rings. The Morgan fingerprint density at radius 1 is 1.21 bits per heavy atom. The summed E-state index contributed by atoms with van der Waals surface area (Å²) in [6, 6.07) is 8.03. The van der Waals surface area contributed by atoms with Crippen LogP contribution >= 0.6 is 11.6 Å². The third-order valence-electron chi connectivity index (χ3n) is 3.60. The summed E-state index contributed by atoms with van der Waals surface area (Å²) < 4.78 is 0. The third-order valence-corrected chi connectivity index (χ3v) is 3.85. The van der Waals surface area contributed by atoms with Crippen molar-refractivity contribution in [2.24, 2.45) is 5.73 Å². The van der Waals surface area contributed by atoms with Gasteiger partial charge in [-0.2, -0.15) is 0 Å². The molecule has 76 valence electrons. The first-order valence-corrected chi connectivity index (χ1v) is 5.38. The number of hydrogen-bond donors (Lipinski definition) is 1. The summed E-state index contributed by atoms with van der Waals surface area (Å²) >= 11 is 5.86. The molecule has 1 fully saturated rings. The molecule has 2 rings (SSSR count). The zero-order valence-electron chi connectivity index (χ0n) is 8.68. The van der Waals surface area contributed by atoms with E-state index >= 15 is 0 Å². The van der Waals surface area contributed by atoms with Crippen molar-refractivity contribution in [2.45, 2.75) is 37.6 Å². The Kier molecular flexibility index (Phi) is 2.13. The molecule has 0 amide bonds. The second-order valence-corrected chi connectivity index (χ2v) is 5.22. The van der Waals surface area contributed by atoms with Gasteiger partial charge in [-0.05, 0) is 30.5 Å². The van der Waals surface area contributed by atoms with Gasteiger partial charge in [0.1, 0.15) is 0 Å². The van der Waals surface area contributed by atoms with Crippen LogP contribution in [-0.4, -0.2) is 5.54 Å². The lowest BCUT2D eigenvalue weighted by Gasteiger charge is -2.32. The first kappa shape index (κ1) is 10.0. The van der Waals surface area contributed by atoms with E-state index in [1.165, 1.54) is 5.56 Å². The minimum Gasteiger partial charge on any atom is -0.324 e. The number of benzene rings is 1. The van der Waals surface area contributed by atoms with Crippen molar-refractivity contribution in [1.29, 1.82) is 0 Å². The van der Waals surface area contributed by atoms with Gasteiger partial charge >= 0.3 is 0 Å². The lowest BCUT2D eigenvalue weighted by atomic mass is 9.76. The van der Waals surface area contributed by atoms with Gasteiger partial charge in [-0.1, -0.05) is 37.6 Å². The van der Waals surface area contributed by atoms with Gasteiger partial charge in [-0.25, -0.2) is 0 Å². The Morgan fingerprint density at radius 2 is 1.71 bits per heavy atom. The molecule has 0 saturated heterocycles. The Hall–Kier alpha value is -0.530. The molecule has 2 N–H and O–H groups in total. The number of rotatable bonds is 2. The van der Waals surface area contributed by atoms with Crippen molar-refractivity contribution in [3.63, 3.8) is 0 Å². The fourth-order valence-electron chi connectivity index (χ4n) is 1.91. The number of nitrogens with two attached hydrogens (primary N) is 1. The first-order chi connectivity index (χ1) is 6.46. The van der Waals surface area contributed by atoms with Crippen LogP contribution in [0.5, 0.6) is 0 Å². The molecule has 1 nitrogen and oxygen atoms in total. The van der Waals surface area contributed by atoms with E-state index in [0.29, 0.717) is 0 Å². The molecular formula is C12H16ClN. The van der Waals surface area contributed by atoms with Crippen LogP contribution in [-0.2, 0) is 5.41 Å². The van der Waals surface area contributed by atoms with Crippen molar-refractivity contribution in [1.82, 2.24) is 0 Å². The van der Waals surface area contributed by atoms with Gasteiger partial charge < -0.3 is 5.73 Å². The van der Waals surface area contributed by atoms with Crippen LogP contribution in [0.1, 0.15) is 32.3 Å². The molecule has 14 heavy (non-hydrogen) atoms. The topological polar surface area (TPSA) is 26.0 Å². The number of halogens is 1. The normalized spacial score (nSPS) is 19.4. The maximum absolute atomic E-state index is 6.26. The lowest BCUT2D eigenvalue weighted by molar-refractivity contribution is 0.391. The van der Waals surface area contributed by atoms with Crippen molar-refractivity contribution >= 4 is 11.6 Å². The highest BCUT2D eigenvalue weighted by Gasteiger charge is 2.51. The van der Waals surface area contributed by atoms with Crippen molar-refractivity contribution in [2.75, 3.05) is 0 Å². The molecule has 0 spiro atoms. The fraction of sp³-hybridized carbons (Fsp3) is 0.500. The molecule has 0 atom stereocenters. The molecule has 0 aliphatic heterocycles. The SMILES string of the molecule is CC(C)(c1ccc(Cl)cc1)C1(N)CC1. The molecule has 1 saturated carbocycles. The molecule has 0 unspecified atom stereocenters. The van der Waals surface area contributed by atoms with Crippen LogP contribution in [0.3, 0.4) is 0 Å². The third kappa shape index (κ3) is 1.45. The molecule has 1 aromatic carbocycles. The molecule has 0 aromatic heterocycles. The Bertz CT molecular complexity index is 336. The second kappa shape index (κ2) is 2.98. The zero-order valence-corrected chi connectivity index (χ0v) is 9.43. The van der Waals surface area contributed by atoms with Crippen LogP contribution in [0.4, 0.5) is 0 Å². The molecule has 1 aromatic rings. The van der Waals surface area contributed by atoms with Gasteiger partial charge in [-0.15, -0.1) is 0 Å². The van der Waals surface area contributed by atoms with E-state index < -0.39 is 0 Å². The molecule has 1 aliphatic carbocycles. The molecule has 0 bridgehead atoms. The Balaban J connectivity index is 2.34. The second-order valence-electron chi connectivity index (χ2n) is 4.79. The van der Waals surface area contributed by atoms with Gasteiger partial charge in [0.15, 0.2) is 0 Å². The van der Waals surface area contributed by atoms with Crippen LogP contribution in [0.25, 0.3) is 0 Å². The van der Waals surface area contributed by atoms with Crippen molar-refractivity contribution < 1.29 is 0 Å². The predicted octanol–water partition coefficient (Wildman–Crippen LogP) is 3.11. The Morgan fingerprint density at radius 3 is 2.14 bits per heavy atom. The molecule has 0 radical (unpaired) electrons. The van der Waals surface area contributed by atoms with Crippen LogP contribution in [0, 0.1) is 0 Å². The smallest absolute Gasteiger partial charge is 0.0406 e. The van der Waals surface area contributed by atoms with E-state index in [0.717, 1.165) is 17.9 Å². The highest BCUT2D eigenvalue weighted by Crippen LogP contribution is 2.49. The lowest BCUT2D eigenvalue weighted by Crippen LogP contribution is -2.43. The maximum Gasteiger partial charge on any atom is 0.0406 e. The van der Waals surface area contributed by atoms with Crippen LogP contribution < -0.4 is 5.73 Å². The van der Waals surface area contributed by atoms with Crippen LogP contribution in [0.15, 0.2) is 24.3 Å². The van der Waals surface area contributed by atoms with Gasteiger partial charge in [0.2, 0.25) is 0 Å². The summed E-state index contributed by atoms with van der Waals surface area (Å²) in [5, 5.41) is 0.784. The van der Waals surface area contributed by atoms with E-state index in [2.05, 4.69) is 26.0 Å². The maximum atomic E-state index is 6.26. The van der Waals surface area contributed by atoms with E-state index in [4.69, 9.17) is 17.3 Å². The highest BCUT2D eigenvalue weighted by atomic mass is 35.5. The minimum atomic E-state index is 0.000823. The monoisotopic (exact) mass is 209 g/mol. The summed E-state index contributed by atoms with van der Waals surface area (Å²) in [5.74, 6) is 0. The first-order valence-electron chi connectivity index (χ1n) is 5.01. The summed E-state index contributed by atoms with van der Waals surface area (Å²) in [6.07, 6.45) is 2.26. The van der Waals surface area contributed by atoms with Gasteiger partial charge in [0.05, 0.1) is 0 Å². The quantitative estimate of drug-likeness (QED) is 0.796. The number of hydrogen-bond acceptors (Lipinski definition) is 1. The largest absolute Gasteiger partial charge is 0.324 e.